The van der Waals surface area contributed by atoms with E-state index in [0.717, 1.165) is 5.56 Å². The fourth-order valence-electron chi connectivity index (χ4n) is 1.75. The number of ether oxygens (including phenoxy) is 3. The van der Waals surface area contributed by atoms with E-state index in [1.807, 2.05) is 6.07 Å². The molecule has 0 amide bonds. The molecule has 5 heteroatoms. The monoisotopic (exact) mass is 247 g/mol. The largest absolute Gasteiger partial charge is 0.495 e. The number of benzene rings is 1. The smallest absolute Gasteiger partial charge is 0.338 e. The molecule has 1 saturated heterocycles. The standard InChI is InChI=1S/C13H13NO4/c1-3-17-13(15)12-11(18-12)8-4-5-9(7-14)10(6-8)16-2/h4-6,11-12H,3H2,1-2H3/t11-,12+/m0/s1. The van der Waals surface area contributed by atoms with Crippen molar-refractivity contribution in [1.82, 2.24) is 0 Å². The Balaban J connectivity index is 2.13. The van der Waals surface area contributed by atoms with Gasteiger partial charge in [-0.25, -0.2) is 4.79 Å². The number of hydrogen-bond donors (Lipinski definition) is 0. The Morgan fingerprint density at radius 3 is 2.94 bits per heavy atom. The second-order valence-electron chi connectivity index (χ2n) is 3.80. The van der Waals surface area contributed by atoms with Gasteiger partial charge in [0.05, 0.1) is 19.3 Å². The summed E-state index contributed by atoms with van der Waals surface area (Å²) in [7, 11) is 1.50. The maximum Gasteiger partial charge on any atom is 0.338 e. The van der Waals surface area contributed by atoms with Crippen LogP contribution in [0.2, 0.25) is 0 Å². The number of carbonyl (C=O) groups excluding carboxylic acids is 1. The molecular formula is C13H13NO4. The van der Waals surface area contributed by atoms with Crippen molar-refractivity contribution in [3.63, 3.8) is 0 Å². The predicted octanol–water partition coefficient (Wildman–Crippen LogP) is 1.57. The minimum Gasteiger partial charge on any atom is -0.495 e. The van der Waals surface area contributed by atoms with Gasteiger partial charge in [-0.15, -0.1) is 0 Å². The Kier molecular flexibility index (Phi) is 3.49. The molecule has 2 rings (SSSR count). The van der Waals surface area contributed by atoms with Gasteiger partial charge in [0.25, 0.3) is 0 Å². The summed E-state index contributed by atoms with van der Waals surface area (Å²) in [6.07, 6.45) is -0.840. The summed E-state index contributed by atoms with van der Waals surface area (Å²) < 4.78 is 15.3. The summed E-state index contributed by atoms with van der Waals surface area (Å²) in [5.41, 5.74) is 1.26. The molecule has 0 unspecified atom stereocenters. The van der Waals surface area contributed by atoms with Crippen LogP contribution in [0.1, 0.15) is 24.2 Å². The van der Waals surface area contributed by atoms with E-state index in [1.54, 1.807) is 25.1 Å². The Morgan fingerprint density at radius 2 is 2.33 bits per heavy atom. The van der Waals surface area contributed by atoms with E-state index in [2.05, 4.69) is 0 Å². The first-order chi connectivity index (χ1) is 8.71. The molecule has 1 heterocycles. The molecular weight excluding hydrogens is 234 g/mol. The molecule has 0 N–H and O–H groups in total. The summed E-state index contributed by atoms with van der Waals surface area (Å²) in [5, 5.41) is 8.87. The molecule has 0 saturated carbocycles. The van der Waals surface area contributed by atoms with Gasteiger partial charge in [0, 0.05) is 0 Å². The fraction of sp³-hybridized carbons (Fsp3) is 0.385. The molecule has 1 aromatic rings. The van der Waals surface area contributed by atoms with Crippen LogP contribution in [0.3, 0.4) is 0 Å². The summed E-state index contributed by atoms with van der Waals surface area (Å²) in [5.74, 6) is 0.124. The lowest BCUT2D eigenvalue weighted by Gasteiger charge is -2.04. The van der Waals surface area contributed by atoms with Crippen LogP contribution in [0.15, 0.2) is 18.2 Å². The summed E-state index contributed by atoms with van der Waals surface area (Å²) in [4.78, 5) is 11.4. The maximum atomic E-state index is 11.4. The predicted molar refractivity (Wildman–Crippen MR) is 62.0 cm³/mol. The highest BCUT2D eigenvalue weighted by Gasteiger charge is 2.47. The molecule has 0 bridgehead atoms. The Labute approximate surface area is 105 Å². The first-order valence-corrected chi connectivity index (χ1v) is 5.61. The van der Waals surface area contributed by atoms with Crippen molar-refractivity contribution in [2.45, 2.75) is 19.1 Å². The summed E-state index contributed by atoms with van der Waals surface area (Å²) >= 11 is 0. The zero-order chi connectivity index (χ0) is 13.1. The molecule has 1 fully saturated rings. The van der Waals surface area contributed by atoms with Gasteiger partial charge in [0.2, 0.25) is 0 Å². The van der Waals surface area contributed by atoms with Crippen LogP contribution >= 0.6 is 0 Å². The second kappa shape index (κ2) is 5.07. The highest BCUT2D eigenvalue weighted by molar-refractivity contribution is 5.78. The Morgan fingerprint density at radius 1 is 1.56 bits per heavy atom. The highest BCUT2D eigenvalue weighted by Crippen LogP contribution is 2.41. The lowest BCUT2D eigenvalue weighted by Crippen LogP contribution is -2.11. The number of carbonyl (C=O) groups is 1. The van der Waals surface area contributed by atoms with Crippen LogP contribution < -0.4 is 4.74 Å². The van der Waals surface area contributed by atoms with Gasteiger partial charge < -0.3 is 14.2 Å². The first kappa shape index (κ1) is 12.4. The van der Waals surface area contributed by atoms with E-state index >= 15 is 0 Å². The molecule has 2 atom stereocenters. The quantitative estimate of drug-likeness (QED) is 0.596. The molecule has 5 nitrogen and oxygen atoms in total. The molecule has 0 aliphatic carbocycles. The van der Waals surface area contributed by atoms with Crippen LogP contribution in [-0.2, 0) is 14.3 Å². The van der Waals surface area contributed by atoms with Crippen LogP contribution in [0.25, 0.3) is 0 Å². The van der Waals surface area contributed by atoms with E-state index in [1.165, 1.54) is 7.11 Å². The summed E-state index contributed by atoms with van der Waals surface area (Å²) in [6, 6.07) is 7.15. The van der Waals surface area contributed by atoms with Gasteiger partial charge in [-0.1, -0.05) is 6.07 Å². The lowest BCUT2D eigenvalue weighted by molar-refractivity contribution is -0.144. The molecule has 1 aromatic carbocycles. The zero-order valence-corrected chi connectivity index (χ0v) is 10.2. The Bertz CT molecular complexity index is 506. The van der Waals surface area contributed by atoms with E-state index in [0.29, 0.717) is 17.9 Å². The number of esters is 1. The van der Waals surface area contributed by atoms with Crippen molar-refractivity contribution >= 4 is 5.97 Å². The lowest BCUT2D eigenvalue weighted by atomic mass is 10.1. The number of rotatable bonds is 4. The van der Waals surface area contributed by atoms with Crippen molar-refractivity contribution in [2.75, 3.05) is 13.7 Å². The molecule has 0 aromatic heterocycles. The summed E-state index contributed by atoms with van der Waals surface area (Å²) in [6.45, 7) is 2.09. The third-order valence-electron chi connectivity index (χ3n) is 2.69. The second-order valence-corrected chi connectivity index (χ2v) is 3.80. The molecule has 1 aliphatic heterocycles. The van der Waals surface area contributed by atoms with Gasteiger partial charge in [-0.3, -0.25) is 0 Å². The van der Waals surface area contributed by atoms with Gasteiger partial charge in [0.1, 0.15) is 17.9 Å². The normalized spacial score (nSPS) is 20.9. The topological polar surface area (TPSA) is 71.8 Å². The van der Waals surface area contributed by atoms with Crippen LogP contribution in [0, 0.1) is 11.3 Å². The average molecular weight is 247 g/mol. The first-order valence-electron chi connectivity index (χ1n) is 5.61. The van der Waals surface area contributed by atoms with Gasteiger partial charge >= 0.3 is 5.97 Å². The molecule has 1 aliphatic rings. The molecule has 94 valence electrons. The van der Waals surface area contributed by atoms with Crippen molar-refractivity contribution in [3.8, 4) is 11.8 Å². The van der Waals surface area contributed by atoms with E-state index in [4.69, 9.17) is 19.5 Å². The number of epoxide rings is 1. The molecule has 18 heavy (non-hydrogen) atoms. The number of nitriles is 1. The average Bonchev–Trinajstić information content (AvgIpc) is 3.18. The van der Waals surface area contributed by atoms with Gasteiger partial charge in [-0.05, 0) is 24.6 Å². The van der Waals surface area contributed by atoms with Crippen molar-refractivity contribution < 1.29 is 19.0 Å². The van der Waals surface area contributed by atoms with Crippen molar-refractivity contribution in [3.05, 3.63) is 29.3 Å². The van der Waals surface area contributed by atoms with Gasteiger partial charge in [-0.2, -0.15) is 5.26 Å². The number of hydrogen-bond acceptors (Lipinski definition) is 5. The van der Waals surface area contributed by atoms with Crippen LogP contribution in [0.4, 0.5) is 0 Å². The van der Waals surface area contributed by atoms with Crippen molar-refractivity contribution in [1.29, 1.82) is 5.26 Å². The minimum atomic E-state index is -0.539. The number of nitrogens with zero attached hydrogens (tertiary/aromatic N) is 1. The van der Waals surface area contributed by atoms with Crippen LogP contribution in [0.5, 0.6) is 5.75 Å². The van der Waals surface area contributed by atoms with Gasteiger partial charge in [0.15, 0.2) is 6.10 Å². The van der Waals surface area contributed by atoms with Crippen LogP contribution in [-0.4, -0.2) is 25.8 Å². The number of methoxy groups -OCH3 is 1. The molecule has 0 spiro atoms. The fourth-order valence-corrected chi connectivity index (χ4v) is 1.75. The zero-order valence-electron chi connectivity index (χ0n) is 10.2. The third kappa shape index (κ3) is 2.29. The highest BCUT2D eigenvalue weighted by atomic mass is 16.6. The van der Waals surface area contributed by atoms with Crippen molar-refractivity contribution in [2.24, 2.45) is 0 Å². The van der Waals surface area contributed by atoms with E-state index in [9.17, 15) is 4.79 Å². The molecule has 0 radical (unpaired) electrons. The SMILES string of the molecule is CCOC(=O)[C@@H]1O[C@H]1c1ccc(C#N)c(OC)c1. The minimum absolute atomic E-state index is 0.300. The third-order valence-corrected chi connectivity index (χ3v) is 2.69. The van der Waals surface area contributed by atoms with E-state index < -0.39 is 6.10 Å². The Hall–Kier alpha value is -2.06. The maximum absolute atomic E-state index is 11.4. The van der Waals surface area contributed by atoms with E-state index in [-0.39, 0.29) is 12.1 Å².